The Morgan fingerprint density at radius 1 is 1.33 bits per heavy atom. The zero-order chi connectivity index (χ0) is 15.5. The normalized spacial score (nSPS) is 18.0. The molecule has 0 unspecified atom stereocenters. The quantitative estimate of drug-likeness (QED) is 0.927. The van der Waals surface area contributed by atoms with Gasteiger partial charge < -0.3 is 15.4 Å². The zero-order valence-electron chi connectivity index (χ0n) is 12.0. The van der Waals surface area contributed by atoms with E-state index in [-0.39, 0.29) is 12.4 Å². The average molecular weight is 303 g/mol. The number of hydrogen-bond acceptors (Lipinski definition) is 4. The number of nitrogens with two attached hydrogens (primary N) is 1. The maximum Gasteiger partial charge on any atom is 0.433 e. The number of halogens is 3. The minimum atomic E-state index is -4.49. The molecule has 0 spiro atoms. The van der Waals surface area contributed by atoms with E-state index in [0.29, 0.717) is 18.1 Å². The molecule has 1 aromatic rings. The van der Waals surface area contributed by atoms with Crippen molar-refractivity contribution in [1.29, 1.82) is 0 Å². The van der Waals surface area contributed by atoms with Crippen molar-refractivity contribution in [1.82, 2.24) is 9.88 Å². The van der Waals surface area contributed by atoms with Gasteiger partial charge in [-0.3, -0.25) is 0 Å². The van der Waals surface area contributed by atoms with Gasteiger partial charge in [-0.15, -0.1) is 0 Å². The first-order chi connectivity index (χ1) is 9.88. The summed E-state index contributed by atoms with van der Waals surface area (Å²) < 4.78 is 43.7. The van der Waals surface area contributed by atoms with E-state index in [2.05, 4.69) is 16.9 Å². The van der Waals surface area contributed by atoms with E-state index in [1.54, 1.807) is 0 Å². The van der Waals surface area contributed by atoms with Crippen molar-refractivity contribution in [3.63, 3.8) is 0 Å². The number of hydrogen-bond donors (Lipinski definition) is 1. The van der Waals surface area contributed by atoms with E-state index >= 15 is 0 Å². The third kappa shape index (κ3) is 4.57. The van der Waals surface area contributed by atoms with Crippen molar-refractivity contribution in [2.75, 3.05) is 26.7 Å². The van der Waals surface area contributed by atoms with Crippen LogP contribution in [0.4, 0.5) is 13.2 Å². The SMILES string of the molecule is CN1CCC(COc2cc(CN)cc(C(F)(F)F)n2)CC1. The van der Waals surface area contributed by atoms with Gasteiger partial charge in [0.2, 0.25) is 5.88 Å². The number of likely N-dealkylation sites (tertiary alicyclic amines) is 1. The number of aromatic nitrogens is 1. The van der Waals surface area contributed by atoms with Gasteiger partial charge in [-0.05, 0) is 50.5 Å². The molecule has 2 N–H and O–H groups in total. The van der Waals surface area contributed by atoms with Crippen molar-refractivity contribution >= 4 is 0 Å². The molecular formula is C14H20F3N3O. The van der Waals surface area contributed by atoms with Gasteiger partial charge in [-0.2, -0.15) is 13.2 Å². The van der Waals surface area contributed by atoms with Gasteiger partial charge in [0.15, 0.2) is 0 Å². The second-order valence-corrected chi connectivity index (χ2v) is 5.46. The molecule has 1 aliphatic heterocycles. The fourth-order valence-corrected chi connectivity index (χ4v) is 2.33. The first-order valence-corrected chi connectivity index (χ1v) is 6.98. The first kappa shape index (κ1) is 16.0. The first-order valence-electron chi connectivity index (χ1n) is 6.98. The molecule has 7 heteroatoms. The van der Waals surface area contributed by atoms with Crippen LogP contribution in [-0.4, -0.2) is 36.6 Å². The number of alkyl halides is 3. The van der Waals surface area contributed by atoms with Crippen molar-refractivity contribution in [2.45, 2.75) is 25.6 Å². The summed E-state index contributed by atoms with van der Waals surface area (Å²) in [5, 5.41) is 0. The molecule has 2 heterocycles. The fourth-order valence-electron chi connectivity index (χ4n) is 2.33. The zero-order valence-corrected chi connectivity index (χ0v) is 12.0. The molecule has 0 amide bonds. The second-order valence-electron chi connectivity index (χ2n) is 5.46. The lowest BCUT2D eigenvalue weighted by atomic mass is 9.98. The van der Waals surface area contributed by atoms with Gasteiger partial charge in [-0.25, -0.2) is 4.98 Å². The predicted molar refractivity (Wildman–Crippen MR) is 72.8 cm³/mol. The summed E-state index contributed by atoms with van der Waals surface area (Å²) in [6.45, 7) is 2.39. The minimum Gasteiger partial charge on any atom is -0.477 e. The molecule has 1 aliphatic rings. The number of ether oxygens (including phenoxy) is 1. The highest BCUT2D eigenvalue weighted by Gasteiger charge is 2.33. The van der Waals surface area contributed by atoms with E-state index in [4.69, 9.17) is 10.5 Å². The lowest BCUT2D eigenvalue weighted by Gasteiger charge is -2.28. The Morgan fingerprint density at radius 2 is 2.00 bits per heavy atom. The summed E-state index contributed by atoms with van der Waals surface area (Å²) in [5.74, 6) is 0.364. The average Bonchev–Trinajstić information content (AvgIpc) is 2.45. The molecule has 4 nitrogen and oxygen atoms in total. The maximum atomic E-state index is 12.8. The van der Waals surface area contributed by atoms with Crippen LogP contribution < -0.4 is 10.5 Å². The highest BCUT2D eigenvalue weighted by molar-refractivity contribution is 5.26. The third-order valence-electron chi connectivity index (χ3n) is 3.69. The van der Waals surface area contributed by atoms with Crippen LogP contribution in [0, 0.1) is 5.92 Å². The third-order valence-corrected chi connectivity index (χ3v) is 3.69. The van der Waals surface area contributed by atoms with Crippen molar-refractivity contribution < 1.29 is 17.9 Å². The minimum absolute atomic E-state index is 0.00389. The van der Waals surface area contributed by atoms with Gasteiger partial charge in [0.05, 0.1) is 6.61 Å². The molecule has 0 aliphatic carbocycles. The summed E-state index contributed by atoms with van der Waals surface area (Å²) in [5.41, 5.74) is 4.85. The number of pyridine rings is 1. The van der Waals surface area contributed by atoms with Gasteiger partial charge >= 0.3 is 6.18 Å². The molecule has 1 fully saturated rings. The van der Waals surface area contributed by atoms with E-state index in [0.717, 1.165) is 32.0 Å². The predicted octanol–water partition coefficient (Wildman–Crippen LogP) is 2.28. The van der Waals surface area contributed by atoms with Crippen LogP contribution in [0.1, 0.15) is 24.1 Å². The van der Waals surface area contributed by atoms with Gasteiger partial charge in [0.1, 0.15) is 5.69 Å². The summed E-state index contributed by atoms with van der Waals surface area (Å²) in [6.07, 6.45) is -2.52. The number of rotatable bonds is 4. The maximum absolute atomic E-state index is 12.8. The van der Waals surface area contributed by atoms with E-state index < -0.39 is 11.9 Å². The lowest BCUT2D eigenvalue weighted by Crippen LogP contribution is -2.32. The van der Waals surface area contributed by atoms with Crippen molar-refractivity contribution in [3.8, 4) is 5.88 Å². The Morgan fingerprint density at radius 3 is 2.57 bits per heavy atom. The van der Waals surface area contributed by atoms with Crippen molar-refractivity contribution in [2.24, 2.45) is 11.7 Å². The molecule has 0 saturated carbocycles. The molecule has 118 valence electrons. The summed E-state index contributed by atoms with van der Waals surface area (Å²) in [4.78, 5) is 5.77. The summed E-state index contributed by atoms with van der Waals surface area (Å²) in [6, 6.07) is 2.44. The summed E-state index contributed by atoms with van der Waals surface area (Å²) >= 11 is 0. The monoisotopic (exact) mass is 303 g/mol. The van der Waals surface area contributed by atoms with Crippen LogP contribution in [-0.2, 0) is 12.7 Å². The van der Waals surface area contributed by atoms with Crippen LogP contribution in [0.2, 0.25) is 0 Å². The van der Waals surface area contributed by atoms with Crippen LogP contribution in [0.3, 0.4) is 0 Å². The Hall–Kier alpha value is -1.34. The Labute approximate surface area is 122 Å². The molecular weight excluding hydrogens is 283 g/mol. The largest absolute Gasteiger partial charge is 0.477 e. The highest BCUT2D eigenvalue weighted by atomic mass is 19.4. The molecule has 0 aromatic carbocycles. The van der Waals surface area contributed by atoms with E-state index in [1.807, 2.05) is 0 Å². The Balaban J connectivity index is 2.02. The smallest absolute Gasteiger partial charge is 0.433 e. The van der Waals surface area contributed by atoms with E-state index in [1.165, 1.54) is 6.07 Å². The van der Waals surface area contributed by atoms with Crippen LogP contribution in [0.15, 0.2) is 12.1 Å². The fraction of sp³-hybridized carbons (Fsp3) is 0.643. The number of piperidine rings is 1. The van der Waals surface area contributed by atoms with Crippen LogP contribution in [0.25, 0.3) is 0 Å². The molecule has 2 rings (SSSR count). The second kappa shape index (κ2) is 6.62. The molecule has 21 heavy (non-hydrogen) atoms. The molecule has 0 radical (unpaired) electrons. The van der Waals surface area contributed by atoms with Gasteiger partial charge in [0.25, 0.3) is 0 Å². The highest BCUT2D eigenvalue weighted by Crippen LogP contribution is 2.30. The Kier molecular flexibility index (Phi) is 5.05. The van der Waals surface area contributed by atoms with Crippen molar-refractivity contribution in [3.05, 3.63) is 23.4 Å². The van der Waals surface area contributed by atoms with Crippen LogP contribution in [0.5, 0.6) is 5.88 Å². The number of nitrogens with zero attached hydrogens (tertiary/aromatic N) is 2. The van der Waals surface area contributed by atoms with Gasteiger partial charge in [0, 0.05) is 12.6 Å². The summed E-state index contributed by atoms with van der Waals surface area (Å²) in [7, 11) is 2.05. The molecule has 1 saturated heterocycles. The molecule has 0 bridgehead atoms. The van der Waals surface area contributed by atoms with Crippen LogP contribution >= 0.6 is 0 Å². The topological polar surface area (TPSA) is 51.4 Å². The standard InChI is InChI=1S/C14H20F3N3O/c1-20-4-2-10(3-5-20)9-21-13-7-11(8-18)6-12(19-13)14(15,16)17/h6-7,10H,2-5,8-9,18H2,1H3. The molecule has 1 aromatic heterocycles. The van der Waals surface area contributed by atoms with E-state index in [9.17, 15) is 13.2 Å². The molecule has 0 atom stereocenters. The van der Waals surface area contributed by atoms with Gasteiger partial charge in [-0.1, -0.05) is 0 Å². The Bertz CT molecular complexity index is 471. The lowest BCUT2D eigenvalue weighted by molar-refractivity contribution is -0.141.